The molecule has 16 heavy (non-hydrogen) atoms. The normalized spacial score (nSPS) is 11.6. The van der Waals surface area contributed by atoms with Crippen LogP contribution < -0.4 is 5.73 Å². The Morgan fingerprint density at radius 3 is 2.81 bits per heavy atom. The van der Waals surface area contributed by atoms with Gasteiger partial charge in [0.05, 0.1) is 11.2 Å². The number of hydrogen-bond donors (Lipinski definition) is 1. The second kappa shape index (κ2) is 4.26. The standard InChI is InChI=1S/C13H19N3/c1-9(2)13-15-10(3)12-8-11(4-6-14)5-7-16(12)13/h5,7-9H,4,6,14H2,1-3H3. The van der Waals surface area contributed by atoms with Crippen LogP contribution >= 0.6 is 0 Å². The highest BCUT2D eigenvalue weighted by Crippen LogP contribution is 2.20. The van der Waals surface area contributed by atoms with Gasteiger partial charge in [0.1, 0.15) is 5.82 Å². The average molecular weight is 217 g/mol. The Morgan fingerprint density at radius 1 is 1.44 bits per heavy atom. The second-order valence-corrected chi connectivity index (χ2v) is 4.54. The average Bonchev–Trinajstić information content (AvgIpc) is 2.57. The summed E-state index contributed by atoms with van der Waals surface area (Å²) in [6.07, 6.45) is 3.04. The maximum atomic E-state index is 5.57. The number of hydrogen-bond acceptors (Lipinski definition) is 2. The zero-order chi connectivity index (χ0) is 11.7. The van der Waals surface area contributed by atoms with Crippen LogP contribution in [0.4, 0.5) is 0 Å². The smallest absolute Gasteiger partial charge is 0.116 e. The predicted molar refractivity (Wildman–Crippen MR) is 66.8 cm³/mol. The molecule has 2 aromatic heterocycles. The fraction of sp³-hybridized carbons (Fsp3) is 0.462. The van der Waals surface area contributed by atoms with E-state index in [0.717, 1.165) is 17.9 Å². The van der Waals surface area contributed by atoms with Gasteiger partial charge in [-0.05, 0) is 37.6 Å². The zero-order valence-corrected chi connectivity index (χ0v) is 10.2. The molecule has 3 heteroatoms. The summed E-state index contributed by atoms with van der Waals surface area (Å²) < 4.78 is 2.18. The van der Waals surface area contributed by atoms with Crippen LogP contribution in [0.2, 0.25) is 0 Å². The third-order valence-electron chi connectivity index (χ3n) is 2.87. The molecule has 2 heterocycles. The molecule has 0 saturated carbocycles. The molecule has 0 aliphatic heterocycles. The molecule has 2 rings (SSSR count). The van der Waals surface area contributed by atoms with E-state index in [9.17, 15) is 0 Å². The third kappa shape index (κ3) is 1.83. The van der Waals surface area contributed by atoms with Crippen molar-refractivity contribution in [3.63, 3.8) is 0 Å². The number of imidazole rings is 1. The largest absolute Gasteiger partial charge is 0.330 e. The van der Waals surface area contributed by atoms with Crippen molar-refractivity contribution in [2.24, 2.45) is 5.73 Å². The van der Waals surface area contributed by atoms with Crippen molar-refractivity contribution in [1.29, 1.82) is 0 Å². The summed E-state index contributed by atoms with van der Waals surface area (Å²) >= 11 is 0. The number of fused-ring (bicyclic) bond motifs is 1. The first-order valence-electron chi connectivity index (χ1n) is 5.81. The molecule has 0 saturated heterocycles. The van der Waals surface area contributed by atoms with Crippen molar-refractivity contribution < 1.29 is 0 Å². The molecule has 0 unspecified atom stereocenters. The molecule has 0 radical (unpaired) electrons. The summed E-state index contributed by atoms with van der Waals surface area (Å²) in [6.45, 7) is 7.10. The minimum atomic E-state index is 0.446. The van der Waals surface area contributed by atoms with E-state index in [1.54, 1.807) is 0 Å². The first-order valence-corrected chi connectivity index (χ1v) is 5.81. The quantitative estimate of drug-likeness (QED) is 0.857. The van der Waals surface area contributed by atoms with E-state index in [0.29, 0.717) is 12.5 Å². The first kappa shape index (κ1) is 11.1. The van der Waals surface area contributed by atoms with Gasteiger partial charge in [0.25, 0.3) is 0 Å². The minimum Gasteiger partial charge on any atom is -0.330 e. The lowest BCUT2D eigenvalue weighted by Crippen LogP contribution is -2.03. The van der Waals surface area contributed by atoms with E-state index < -0.39 is 0 Å². The molecule has 0 amide bonds. The van der Waals surface area contributed by atoms with Gasteiger partial charge in [-0.3, -0.25) is 0 Å². The molecule has 0 fully saturated rings. The van der Waals surface area contributed by atoms with Crippen LogP contribution in [-0.2, 0) is 6.42 Å². The van der Waals surface area contributed by atoms with E-state index in [2.05, 4.69) is 48.5 Å². The molecule has 0 aliphatic carbocycles. The molecule has 0 bridgehead atoms. The maximum absolute atomic E-state index is 5.57. The van der Waals surface area contributed by atoms with Crippen molar-refractivity contribution >= 4 is 5.52 Å². The van der Waals surface area contributed by atoms with Crippen molar-refractivity contribution in [2.75, 3.05) is 6.54 Å². The Kier molecular flexibility index (Phi) is 2.97. The maximum Gasteiger partial charge on any atom is 0.116 e. The monoisotopic (exact) mass is 217 g/mol. The highest BCUT2D eigenvalue weighted by Gasteiger charge is 2.10. The third-order valence-corrected chi connectivity index (χ3v) is 2.87. The molecule has 86 valence electrons. The summed E-state index contributed by atoms with van der Waals surface area (Å²) in [4.78, 5) is 4.62. The number of aromatic nitrogens is 2. The van der Waals surface area contributed by atoms with E-state index >= 15 is 0 Å². The molecule has 3 nitrogen and oxygen atoms in total. The summed E-state index contributed by atoms with van der Waals surface area (Å²) in [7, 11) is 0. The van der Waals surface area contributed by atoms with Gasteiger partial charge in [0.2, 0.25) is 0 Å². The lowest BCUT2D eigenvalue weighted by molar-refractivity contribution is 0.767. The van der Waals surface area contributed by atoms with Crippen LogP contribution in [0.3, 0.4) is 0 Å². The Labute approximate surface area is 96.3 Å². The van der Waals surface area contributed by atoms with Crippen molar-refractivity contribution in [2.45, 2.75) is 33.1 Å². The van der Waals surface area contributed by atoms with E-state index in [-0.39, 0.29) is 0 Å². The topological polar surface area (TPSA) is 43.3 Å². The van der Waals surface area contributed by atoms with Crippen LogP contribution in [-0.4, -0.2) is 15.9 Å². The second-order valence-electron chi connectivity index (χ2n) is 4.54. The zero-order valence-electron chi connectivity index (χ0n) is 10.2. The molecule has 0 atom stereocenters. The lowest BCUT2D eigenvalue weighted by Gasteiger charge is -2.05. The van der Waals surface area contributed by atoms with Crippen LogP contribution in [0.1, 0.15) is 36.8 Å². The molecule has 0 spiro atoms. The summed E-state index contributed by atoms with van der Waals surface area (Å²) in [5.41, 5.74) is 9.16. The van der Waals surface area contributed by atoms with Gasteiger partial charge in [-0.25, -0.2) is 4.98 Å². The van der Waals surface area contributed by atoms with Crippen LogP contribution in [0.25, 0.3) is 5.52 Å². The molecule has 0 aliphatic rings. The van der Waals surface area contributed by atoms with E-state index in [1.165, 1.54) is 11.1 Å². The van der Waals surface area contributed by atoms with E-state index in [4.69, 9.17) is 5.73 Å². The number of nitrogens with two attached hydrogens (primary N) is 1. The molecule has 2 N–H and O–H groups in total. The Bertz CT molecular complexity index is 497. The summed E-state index contributed by atoms with van der Waals surface area (Å²) in [6, 6.07) is 4.33. The molecule has 2 aromatic rings. The van der Waals surface area contributed by atoms with Crippen molar-refractivity contribution in [3.8, 4) is 0 Å². The number of rotatable bonds is 3. The van der Waals surface area contributed by atoms with Crippen molar-refractivity contribution in [1.82, 2.24) is 9.38 Å². The van der Waals surface area contributed by atoms with Crippen molar-refractivity contribution in [3.05, 3.63) is 35.4 Å². The highest BCUT2D eigenvalue weighted by molar-refractivity contribution is 5.54. The van der Waals surface area contributed by atoms with E-state index in [1.807, 2.05) is 0 Å². The highest BCUT2D eigenvalue weighted by atomic mass is 15.0. The number of nitrogens with zero attached hydrogens (tertiary/aromatic N) is 2. The molecular weight excluding hydrogens is 198 g/mol. The molecular formula is C13H19N3. The Hall–Kier alpha value is -1.35. The SMILES string of the molecule is Cc1nc(C(C)C)n2ccc(CCN)cc12. The summed E-state index contributed by atoms with van der Waals surface area (Å²) in [5.74, 6) is 1.58. The minimum absolute atomic E-state index is 0.446. The van der Waals surface area contributed by atoms with Gasteiger partial charge in [0.15, 0.2) is 0 Å². The number of pyridine rings is 1. The summed E-state index contributed by atoms with van der Waals surface area (Å²) in [5, 5.41) is 0. The number of aryl methyl sites for hydroxylation is 1. The van der Waals surface area contributed by atoms with Crippen LogP contribution in [0.5, 0.6) is 0 Å². The van der Waals surface area contributed by atoms with Gasteiger partial charge >= 0.3 is 0 Å². The van der Waals surface area contributed by atoms with Gasteiger partial charge in [-0.2, -0.15) is 0 Å². The fourth-order valence-electron chi connectivity index (χ4n) is 2.03. The van der Waals surface area contributed by atoms with Gasteiger partial charge in [0, 0.05) is 12.1 Å². The first-order chi connectivity index (χ1) is 7.63. The van der Waals surface area contributed by atoms with Gasteiger partial charge < -0.3 is 10.1 Å². The lowest BCUT2D eigenvalue weighted by atomic mass is 10.1. The van der Waals surface area contributed by atoms with Crippen LogP contribution in [0, 0.1) is 6.92 Å². The fourth-order valence-corrected chi connectivity index (χ4v) is 2.03. The Balaban J connectivity index is 2.57. The van der Waals surface area contributed by atoms with Gasteiger partial charge in [-0.1, -0.05) is 13.8 Å². The Morgan fingerprint density at radius 2 is 2.19 bits per heavy atom. The van der Waals surface area contributed by atoms with Gasteiger partial charge in [-0.15, -0.1) is 0 Å². The van der Waals surface area contributed by atoms with Crippen LogP contribution in [0.15, 0.2) is 18.3 Å². The predicted octanol–water partition coefficient (Wildman–Crippen LogP) is 2.27. The molecule has 0 aromatic carbocycles.